The number of rotatable bonds is 3. The number of nitrogens with one attached hydrogen (secondary N) is 2. The number of nitrogens with zero attached hydrogens (tertiary/aromatic N) is 2. The van der Waals surface area contributed by atoms with E-state index in [0.717, 1.165) is 37.6 Å². The van der Waals surface area contributed by atoms with Crippen LogP contribution in [0.5, 0.6) is 0 Å². The zero-order chi connectivity index (χ0) is 15.1. The van der Waals surface area contributed by atoms with Crippen molar-refractivity contribution in [2.24, 2.45) is 5.92 Å². The second kappa shape index (κ2) is 5.41. The molecule has 1 aliphatic heterocycles. The van der Waals surface area contributed by atoms with Gasteiger partial charge in [-0.3, -0.25) is 0 Å². The van der Waals surface area contributed by atoms with E-state index in [-0.39, 0.29) is 12.1 Å². The fourth-order valence-electron chi connectivity index (χ4n) is 3.64. The summed E-state index contributed by atoms with van der Waals surface area (Å²) in [6.07, 6.45) is 0.427. The van der Waals surface area contributed by atoms with E-state index in [0.29, 0.717) is 5.92 Å². The number of anilines is 1. The maximum Gasteiger partial charge on any atom is 0.124 e. The van der Waals surface area contributed by atoms with Gasteiger partial charge in [0.15, 0.2) is 0 Å². The first-order valence-electron chi connectivity index (χ1n) is 7.98. The molecule has 1 unspecified atom stereocenters. The Labute approximate surface area is 130 Å². The molecule has 116 valence electrons. The fraction of sp³-hybridized carbons (Fsp3) is 0.471. The van der Waals surface area contributed by atoms with E-state index in [4.69, 9.17) is 0 Å². The van der Waals surface area contributed by atoms with Gasteiger partial charge in [-0.15, -0.1) is 0 Å². The van der Waals surface area contributed by atoms with Gasteiger partial charge in [-0.25, -0.2) is 4.68 Å². The summed E-state index contributed by atoms with van der Waals surface area (Å²) in [5, 5.41) is 21.8. The van der Waals surface area contributed by atoms with Crippen molar-refractivity contribution in [2.45, 2.75) is 32.0 Å². The molecule has 3 N–H and O–H groups in total. The molecule has 0 saturated heterocycles. The van der Waals surface area contributed by atoms with Crippen LogP contribution >= 0.6 is 0 Å². The Bertz CT molecular complexity index is 681. The number of hydrogen-bond acceptors (Lipinski definition) is 4. The van der Waals surface area contributed by atoms with Crippen molar-refractivity contribution in [3.05, 3.63) is 47.2 Å². The lowest BCUT2D eigenvalue weighted by atomic mass is 10.0. The van der Waals surface area contributed by atoms with Gasteiger partial charge < -0.3 is 15.7 Å². The maximum absolute atomic E-state index is 10.3. The molecule has 2 aliphatic rings. The van der Waals surface area contributed by atoms with E-state index in [2.05, 4.69) is 33.9 Å². The lowest BCUT2D eigenvalue weighted by molar-refractivity contribution is 0.138. The summed E-state index contributed by atoms with van der Waals surface area (Å²) in [6, 6.07) is 10.5. The van der Waals surface area contributed by atoms with Crippen LogP contribution in [0.4, 0.5) is 5.82 Å². The van der Waals surface area contributed by atoms with Gasteiger partial charge >= 0.3 is 0 Å². The minimum atomic E-state index is -0.323. The van der Waals surface area contributed by atoms with Crippen molar-refractivity contribution in [3.8, 4) is 0 Å². The summed E-state index contributed by atoms with van der Waals surface area (Å²) in [4.78, 5) is 0. The predicted octanol–water partition coefficient (Wildman–Crippen LogP) is 1.48. The molecule has 0 spiro atoms. The van der Waals surface area contributed by atoms with E-state index in [9.17, 15) is 5.11 Å². The molecule has 2 aromatic rings. The van der Waals surface area contributed by atoms with E-state index in [1.165, 1.54) is 11.1 Å². The summed E-state index contributed by atoms with van der Waals surface area (Å²) in [6.45, 7) is 4.77. The van der Waals surface area contributed by atoms with E-state index in [1.54, 1.807) is 0 Å². The summed E-state index contributed by atoms with van der Waals surface area (Å²) >= 11 is 0. The van der Waals surface area contributed by atoms with Crippen LogP contribution in [-0.2, 0) is 13.0 Å². The lowest BCUT2D eigenvalue weighted by Gasteiger charge is -2.27. The van der Waals surface area contributed by atoms with Crippen LogP contribution < -0.4 is 10.6 Å². The van der Waals surface area contributed by atoms with E-state index < -0.39 is 0 Å². The van der Waals surface area contributed by atoms with Crippen molar-refractivity contribution in [1.82, 2.24) is 15.1 Å². The molecule has 3 atom stereocenters. The third-order valence-corrected chi connectivity index (χ3v) is 4.74. The monoisotopic (exact) mass is 298 g/mol. The normalized spacial score (nSPS) is 26.4. The van der Waals surface area contributed by atoms with Crippen molar-refractivity contribution in [3.63, 3.8) is 0 Å². The molecular weight excluding hydrogens is 276 g/mol. The average Bonchev–Trinajstić information content (AvgIpc) is 3.03. The first kappa shape index (κ1) is 13.8. The third-order valence-electron chi connectivity index (χ3n) is 4.74. The third kappa shape index (κ3) is 2.40. The van der Waals surface area contributed by atoms with Crippen molar-refractivity contribution < 1.29 is 5.11 Å². The lowest BCUT2D eigenvalue weighted by Crippen LogP contribution is -2.38. The molecule has 0 amide bonds. The Balaban J connectivity index is 1.41. The van der Waals surface area contributed by atoms with Crippen LogP contribution in [0.15, 0.2) is 30.3 Å². The topological polar surface area (TPSA) is 62.1 Å². The molecule has 22 heavy (non-hydrogen) atoms. The van der Waals surface area contributed by atoms with Crippen LogP contribution in [0.1, 0.15) is 22.9 Å². The Kier molecular flexibility index (Phi) is 3.39. The van der Waals surface area contributed by atoms with Crippen molar-refractivity contribution >= 4 is 5.82 Å². The zero-order valence-corrected chi connectivity index (χ0v) is 12.8. The Morgan fingerprint density at radius 1 is 1.41 bits per heavy atom. The predicted molar refractivity (Wildman–Crippen MR) is 85.8 cm³/mol. The molecular formula is C17H22N4O. The maximum atomic E-state index is 10.3. The van der Waals surface area contributed by atoms with Crippen molar-refractivity contribution in [1.29, 1.82) is 0 Å². The number of aromatic nitrogens is 2. The van der Waals surface area contributed by atoms with E-state index in [1.807, 2.05) is 23.7 Å². The smallest absolute Gasteiger partial charge is 0.124 e. The van der Waals surface area contributed by atoms with Gasteiger partial charge in [-0.1, -0.05) is 24.3 Å². The Morgan fingerprint density at radius 3 is 3.18 bits per heavy atom. The van der Waals surface area contributed by atoms with Gasteiger partial charge in [0, 0.05) is 38.0 Å². The molecule has 0 radical (unpaired) electrons. The summed E-state index contributed by atoms with van der Waals surface area (Å²) in [5.74, 6) is 1.59. The highest BCUT2D eigenvalue weighted by atomic mass is 16.3. The fourth-order valence-corrected chi connectivity index (χ4v) is 3.64. The molecule has 0 fully saturated rings. The van der Waals surface area contributed by atoms with Gasteiger partial charge in [0.2, 0.25) is 0 Å². The molecule has 0 bridgehead atoms. The second-order valence-corrected chi connectivity index (χ2v) is 6.46. The number of benzene rings is 1. The molecule has 0 saturated carbocycles. The van der Waals surface area contributed by atoms with Crippen LogP contribution in [0.25, 0.3) is 0 Å². The highest BCUT2D eigenvalue weighted by Crippen LogP contribution is 2.31. The zero-order valence-electron chi connectivity index (χ0n) is 12.8. The van der Waals surface area contributed by atoms with Gasteiger partial charge in [0.05, 0.1) is 17.8 Å². The van der Waals surface area contributed by atoms with Gasteiger partial charge in [-0.2, -0.15) is 5.10 Å². The molecule has 1 aromatic heterocycles. The highest BCUT2D eigenvalue weighted by Gasteiger charge is 2.31. The number of aryl methyl sites for hydroxylation is 1. The summed E-state index contributed by atoms with van der Waals surface area (Å²) in [5.41, 5.74) is 3.56. The first-order chi connectivity index (χ1) is 10.7. The van der Waals surface area contributed by atoms with Gasteiger partial charge in [0.1, 0.15) is 5.82 Å². The summed E-state index contributed by atoms with van der Waals surface area (Å²) in [7, 11) is 0. The molecule has 2 heterocycles. The largest absolute Gasteiger partial charge is 0.391 e. The molecule has 1 aromatic carbocycles. The van der Waals surface area contributed by atoms with Gasteiger partial charge in [-0.05, 0) is 18.1 Å². The standard InChI is InChI=1S/C17H22N4O/c1-11-6-16-18-8-12(10-21(16)20-11)9-19-17-14-5-3-2-4-13(14)7-15(17)22/h2-6,12,15,17-19,22H,7-10H2,1H3/t12?,15-,17+/m0/s1. The minimum Gasteiger partial charge on any atom is -0.391 e. The van der Waals surface area contributed by atoms with Crippen molar-refractivity contribution in [2.75, 3.05) is 18.4 Å². The number of hydrogen-bond donors (Lipinski definition) is 3. The quantitative estimate of drug-likeness (QED) is 0.803. The van der Waals surface area contributed by atoms with Crippen LogP contribution in [0.3, 0.4) is 0 Å². The molecule has 5 heteroatoms. The van der Waals surface area contributed by atoms with Crippen LogP contribution in [-0.4, -0.2) is 34.1 Å². The first-order valence-corrected chi connectivity index (χ1v) is 7.98. The number of fused-ring (bicyclic) bond motifs is 2. The number of aliphatic hydroxyl groups is 1. The minimum absolute atomic E-state index is 0.0527. The summed E-state index contributed by atoms with van der Waals surface area (Å²) < 4.78 is 2.05. The van der Waals surface area contributed by atoms with Crippen LogP contribution in [0.2, 0.25) is 0 Å². The average molecular weight is 298 g/mol. The van der Waals surface area contributed by atoms with E-state index >= 15 is 0 Å². The van der Waals surface area contributed by atoms with Crippen LogP contribution in [0, 0.1) is 12.8 Å². The Morgan fingerprint density at radius 2 is 2.27 bits per heavy atom. The van der Waals surface area contributed by atoms with Gasteiger partial charge in [0.25, 0.3) is 0 Å². The molecule has 5 nitrogen and oxygen atoms in total. The second-order valence-electron chi connectivity index (χ2n) is 6.46. The Hall–Kier alpha value is -1.85. The number of aliphatic hydroxyl groups excluding tert-OH is 1. The SMILES string of the molecule is Cc1cc2n(n1)CC(CN[C@@H]1c3ccccc3C[C@@H]1O)CN2. The highest BCUT2D eigenvalue weighted by molar-refractivity contribution is 5.39. The molecule has 1 aliphatic carbocycles. The molecule has 4 rings (SSSR count).